The Morgan fingerprint density at radius 2 is 2.00 bits per heavy atom. The van der Waals surface area contributed by atoms with Crippen molar-refractivity contribution in [3.8, 4) is 0 Å². The summed E-state index contributed by atoms with van der Waals surface area (Å²) in [4.78, 5) is 8.18. The Bertz CT molecular complexity index is 327. The predicted molar refractivity (Wildman–Crippen MR) is 62.7 cm³/mol. The highest BCUT2D eigenvalue weighted by atomic mass is 16.3. The molecule has 1 aliphatic carbocycles. The molecule has 3 heteroatoms. The summed E-state index contributed by atoms with van der Waals surface area (Å²) in [5, 5.41) is 10.2. The van der Waals surface area contributed by atoms with Gasteiger partial charge in [-0.25, -0.2) is 0 Å². The average Bonchev–Trinajstić information content (AvgIpc) is 2.29. The van der Waals surface area contributed by atoms with Gasteiger partial charge < -0.3 is 5.11 Å². The summed E-state index contributed by atoms with van der Waals surface area (Å²) >= 11 is 0. The third kappa shape index (κ3) is 2.59. The molecular weight excluding hydrogens is 200 g/mol. The van der Waals surface area contributed by atoms with Gasteiger partial charge in [-0.2, -0.15) is 0 Å². The van der Waals surface area contributed by atoms with Crippen LogP contribution in [0, 0.1) is 11.3 Å². The van der Waals surface area contributed by atoms with Gasteiger partial charge in [0, 0.05) is 12.4 Å². The lowest BCUT2D eigenvalue weighted by Crippen LogP contribution is -2.25. The molecule has 1 aromatic rings. The first-order valence-corrected chi connectivity index (χ1v) is 6.02. The van der Waals surface area contributed by atoms with E-state index in [-0.39, 0.29) is 0 Å². The molecule has 0 radical (unpaired) electrons. The first-order chi connectivity index (χ1) is 7.58. The minimum absolute atomic E-state index is 0.352. The van der Waals surface area contributed by atoms with Crippen molar-refractivity contribution in [3.05, 3.63) is 24.3 Å². The predicted octanol–water partition coefficient (Wildman–Crippen LogP) is 2.73. The van der Waals surface area contributed by atoms with E-state index in [4.69, 9.17) is 0 Å². The molecular formula is C13H20N2O. The van der Waals surface area contributed by atoms with Crippen LogP contribution in [0.4, 0.5) is 0 Å². The monoisotopic (exact) mass is 220 g/mol. The Morgan fingerprint density at radius 3 is 2.56 bits per heavy atom. The maximum Gasteiger partial charge on any atom is 0.100 e. The fraction of sp³-hybridized carbons (Fsp3) is 0.692. The van der Waals surface area contributed by atoms with Gasteiger partial charge in [-0.1, -0.05) is 13.8 Å². The van der Waals surface area contributed by atoms with Crippen LogP contribution in [0.15, 0.2) is 18.6 Å². The first kappa shape index (κ1) is 11.5. The highest BCUT2D eigenvalue weighted by Crippen LogP contribution is 2.42. The van der Waals surface area contributed by atoms with E-state index in [1.807, 2.05) is 0 Å². The lowest BCUT2D eigenvalue weighted by atomic mass is 9.71. The Morgan fingerprint density at radius 1 is 1.31 bits per heavy atom. The van der Waals surface area contributed by atoms with Gasteiger partial charge in [0.05, 0.1) is 11.9 Å². The summed E-state index contributed by atoms with van der Waals surface area (Å²) in [6.45, 7) is 4.61. The van der Waals surface area contributed by atoms with Crippen LogP contribution in [0.2, 0.25) is 0 Å². The molecule has 0 amide bonds. The minimum atomic E-state index is -0.440. The highest BCUT2D eigenvalue weighted by molar-refractivity contribution is 5.01. The van der Waals surface area contributed by atoms with E-state index in [1.54, 1.807) is 18.6 Å². The molecule has 0 spiro atoms. The molecule has 88 valence electrons. The quantitative estimate of drug-likeness (QED) is 0.833. The van der Waals surface area contributed by atoms with Gasteiger partial charge in [0.25, 0.3) is 0 Å². The van der Waals surface area contributed by atoms with Crippen LogP contribution in [0.3, 0.4) is 0 Å². The van der Waals surface area contributed by atoms with Crippen molar-refractivity contribution in [2.24, 2.45) is 11.3 Å². The van der Waals surface area contributed by atoms with E-state index in [0.29, 0.717) is 17.0 Å². The fourth-order valence-corrected chi connectivity index (χ4v) is 2.44. The fourth-order valence-electron chi connectivity index (χ4n) is 2.44. The van der Waals surface area contributed by atoms with E-state index in [0.717, 1.165) is 12.8 Å². The highest BCUT2D eigenvalue weighted by Gasteiger charge is 2.31. The van der Waals surface area contributed by atoms with Gasteiger partial charge >= 0.3 is 0 Å². The number of aliphatic hydroxyl groups excluding tert-OH is 1. The van der Waals surface area contributed by atoms with E-state index in [2.05, 4.69) is 23.8 Å². The van der Waals surface area contributed by atoms with Gasteiger partial charge in [-0.05, 0) is 37.0 Å². The van der Waals surface area contributed by atoms with Crippen LogP contribution >= 0.6 is 0 Å². The Kier molecular flexibility index (Phi) is 3.24. The molecule has 1 aliphatic rings. The lowest BCUT2D eigenvalue weighted by molar-refractivity contribution is 0.0536. The molecule has 1 unspecified atom stereocenters. The molecule has 16 heavy (non-hydrogen) atoms. The van der Waals surface area contributed by atoms with Gasteiger partial charge in [-0.3, -0.25) is 9.97 Å². The van der Waals surface area contributed by atoms with E-state index >= 15 is 0 Å². The molecule has 0 bridgehead atoms. The molecule has 0 aliphatic heterocycles. The standard InChI is InChI=1S/C13H20N2O/c1-13(2)5-3-10(4-6-13)12(16)11-9-14-7-8-15-11/h7-10,12,16H,3-6H2,1-2H3. The molecule has 3 nitrogen and oxygen atoms in total. The van der Waals surface area contributed by atoms with Gasteiger partial charge in [0.15, 0.2) is 0 Å². The van der Waals surface area contributed by atoms with Gasteiger partial charge in [-0.15, -0.1) is 0 Å². The summed E-state index contributed by atoms with van der Waals surface area (Å²) < 4.78 is 0. The van der Waals surface area contributed by atoms with Crippen LogP contribution in [0.1, 0.15) is 51.3 Å². The second kappa shape index (κ2) is 4.50. The van der Waals surface area contributed by atoms with Crippen LogP contribution in [0.5, 0.6) is 0 Å². The van der Waals surface area contributed by atoms with Crippen LogP contribution in [-0.4, -0.2) is 15.1 Å². The van der Waals surface area contributed by atoms with Crippen molar-refractivity contribution in [3.63, 3.8) is 0 Å². The van der Waals surface area contributed by atoms with Crippen molar-refractivity contribution in [1.82, 2.24) is 9.97 Å². The molecule has 1 fully saturated rings. The number of nitrogens with zero attached hydrogens (tertiary/aromatic N) is 2. The number of aromatic nitrogens is 2. The molecule has 1 atom stereocenters. The molecule has 1 aromatic heterocycles. The molecule has 1 N–H and O–H groups in total. The maximum absolute atomic E-state index is 10.2. The third-order valence-electron chi connectivity index (χ3n) is 3.72. The van der Waals surface area contributed by atoms with E-state index in [9.17, 15) is 5.11 Å². The topological polar surface area (TPSA) is 46.0 Å². The number of hydrogen-bond acceptors (Lipinski definition) is 3. The number of hydrogen-bond donors (Lipinski definition) is 1. The zero-order valence-electron chi connectivity index (χ0n) is 10.1. The number of rotatable bonds is 2. The summed E-state index contributed by atoms with van der Waals surface area (Å²) in [6.07, 6.45) is 9.07. The zero-order chi connectivity index (χ0) is 11.6. The number of aliphatic hydroxyl groups is 1. The summed E-state index contributed by atoms with van der Waals surface area (Å²) in [5.74, 6) is 0.352. The summed E-state index contributed by atoms with van der Waals surface area (Å²) in [6, 6.07) is 0. The molecule has 1 heterocycles. The van der Waals surface area contributed by atoms with Crippen molar-refractivity contribution in [2.75, 3.05) is 0 Å². The summed E-state index contributed by atoms with van der Waals surface area (Å²) in [5.41, 5.74) is 1.16. The van der Waals surface area contributed by atoms with Crippen molar-refractivity contribution >= 4 is 0 Å². The molecule has 1 saturated carbocycles. The second-order valence-corrected chi connectivity index (χ2v) is 5.58. The minimum Gasteiger partial charge on any atom is -0.386 e. The van der Waals surface area contributed by atoms with Gasteiger partial charge in [0.2, 0.25) is 0 Å². The second-order valence-electron chi connectivity index (χ2n) is 5.58. The zero-order valence-corrected chi connectivity index (χ0v) is 10.1. The maximum atomic E-state index is 10.2. The molecule has 2 rings (SSSR count). The van der Waals surface area contributed by atoms with Crippen molar-refractivity contribution < 1.29 is 5.11 Å². The Balaban J connectivity index is 2.00. The van der Waals surface area contributed by atoms with Crippen LogP contribution < -0.4 is 0 Å². The Hall–Kier alpha value is -0.960. The van der Waals surface area contributed by atoms with Crippen LogP contribution in [0.25, 0.3) is 0 Å². The lowest BCUT2D eigenvalue weighted by Gasteiger charge is -2.36. The molecule has 0 aromatic carbocycles. The normalized spacial score (nSPS) is 22.9. The first-order valence-electron chi connectivity index (χ1n) is 6.02. The SMILES string of the molecule is CC1(C)CCC(C(O)c2cnccn2)CC1. The average molecular weight is 220 g/mol. The van der Waals surface area contributed by atoms with Crippen molar-refractivity contribution in [1.29, 1.82) is 0 Å². The summed E-state index contributed by atoms with van der Waals surface area (Å²) in [7, 11) is 0. The van der Waals surface area contributed by atoms with Crippen molar-refractivity contribution in [2.45, 2.75) is 45.6 Å². The third-order valence-corrected chi connectivity index (χ3v) is 3.72. The van der Waals surface area contributed by atoms with E-state index in [1.165, 1.54) is 12.8 Å². The van der Waals surface area contributed by atoms with Gasteiger partial charge in [0.1, 0.15) is 6.10 Å². The van der Waals surface area contributed by atoms with E-state index < -0.39 is 6.10 Å². The largest absolute Gasteiger partial charge is 0.386 e. The molecule has 0 saturated heterocycles. The Labute approximate surface area is 96.9 Å². The smallest absolute Gasteiger partial charge is 0.100 e. The van der Waals surface area contributed by atoms with Crippen LogP contribution in [-0.2, 0) is 0 Å².